The normalized spacial score (nSPS) is 11.1. The number of carbonyl (C=O) groups is 2. The monoisotopic (exact) mass is 230 g/mol. The van der Waals surface area contributed by atoms with Gasteiger partial charge in [0.15, 0.2) is 5.78 Å². The molecule has 1 aromatic rings. The largest absolute Gasteiger partial charge is 0.325 e. The van der Waals surface area contributed by atoms with Gasteiger partial charge < -0.3 is 10.6 Å². The predicted molar refractivity (Wildman–Crippen MR) is 66.9 cm³/mol. The number of hydrogen-bond donors (Lipinski definition) is 2. The number of carbonyl (C=O) groups excluding carboxylic acids is 2. The SMILES string of the molecule is C#CC(C)NC(=O)Nc1ccc(C(C)=O)cc1. The first-order valence-corrected chi connectivity index (χ1v) is 5.17. The van der Waals surface area contributed by atoms with Gasteiger partial charge in [0, 0.05) is 11.3 Å². The summed E-state index contributed by atoms with van der Waals surface area (Å²) in [7, 11) is 0. The van der Waals surface area contributed by atoms with E-state index in [1.54, 1.807) is 31.2 Å². The molecule has 1 unspecified atom stereocenters. The fourth-order valence-corrected chi connectivity index (χ4v) is 1.19. The Morgan fingerprint density at radius 1 is 1.29 bits per heavy atom. The number of amides is 2. The maximum atomic E-state index is 11.4. The molecule has 0 heterocycles. The number of benzene rings is 1. The average molecular weight is 230 g/mol. The van der Waals surface area contributed by atoms with Crippen LogP contribution in [0, 0.1) is 12.3 Å². The van der Waals surface area contributed by atoms with Gasteiger partial charge in [-0.05, 0) is 38.1 Å². The van der Waals surface area contributed by atoms with E-state index in [-0.39, 0.29) is 17.9 Å². The van der Waals surface area contributed by atoms with E-state index in [0.29, 0.717) is 11.3 Å². The molecule has 17 heavy (non-hydrogen) atoms. The third-order valence-corrected chi connectivity index (χ3v) is 2.15. The zero-order valence-corrected chi connectivity index (χ0v) is 9.78. The zero-order chi connectivity index (χ0) is 12.8. The lowest BCUT2D eigenvalue weighted by Crippen LogP contribution is -2.35. The first-order valence-electron chi connectivity index (χ1n) is 5.17. The Kier molecular flexibility index (Phi) is 4.29. The molecule has 0 saturated heterocycles. The molecule has 0 aliphatic carbocycles. The minimum absolute atomic E-state index is 0.0121. The minimum atomic E-state index is -0.369. The van der Waals surface area contributed by atoms with Crippen LogP contribution in [0.25, 0.3) is 0 Å². The first-order chi connectivity index (χ1) is 8.02. The lowest BCUT2D eigenvalue weighted by atomic mass is 10.1. The molecule has 1 aromatic carbocycles. The summed E-state index contributed by atoms with van der Waals surface area (Å²) >= 11 is 0. The van der Waals surface area contributed by atoms with Gasteiger partial charge in [0.05, 0.1) is 6.04 Å². The molecule has 1 atom stereocenters. The van der Waals surface area contributed by atoms with Gasteiger partial charge in [0.25, 0.3) is 0 Å². The topological polar surface area (TPSA) is 58.2 Å². The number of urea groups is 1. The van der Waals surface area contributed by atoms with E-state index in [2.05, 4.69) is 16.6 Å². The molecule has 0 bridgehead atoms. The Bertz CT molecular complexity index is 457. The Morgan fingerprint density at radius 3 is 2.35 bits per heavy atom. The van der Waals surface area contributed by atoms with E-state index in [9.17, 15) is 9.59 Å². The van der Waals surface area contributed by atoms with Crippen molar-refractivity contribution in [2.45, 2.75) is 19.9 Å². The van der Waals surface area contributed by atoms with E-state index in [1.807, 2.05) is 0 Å². The Hall–Kier alpha value is -2.28. The van der Waals surface area contributed by atoms with Crippen LogP contribution < -0.4 is 10.6 Å². The van der Waals surface area contributed by atoms with Crippen LogP contribution in [0.4, 0.5) is 10.5 Å². The Morgan fingerprint density at radius 2 is 1.88 bits per heavy atom. The van der Waals surface area contributed by atoms with Gasteiger partial charge in [-0.2, -0.15) is 0 Å². The van der Waals surface area contributed by atoms with Crippen LogP contribution in [-0.2, 0) is 0 Å². The first kappa shape index (κ1) is 12.8. The quantitative estimate of drug-likeness (QED) is 0.616. The average Bonchev–Trinajstić information content (AvgIpc) is 2.29. The highest BCUT2D eigenvalue weighted by atomic mass is 16.2. The van der Waals surface area contributed by atoms with Gasteiger partial charge in [0.1, 0.15) is 0 Å². The minimum Gasteiger partial charge on any atom is -0.325 e. The molecule has 1 rings (SSSR count). The van der Waals surface area contributed by atoms with Gasteiger partial charge in [-0.15, -0.1) is 6.42 Å². The third kappa shape index (κ3) is 3.99. The molecule has 0 aliphatic rings. The second-order valence-electron chi connectivity index (χ2n) is 3.62. The lowest BCUT2D eigenvalue weighted by Gasteiger charge is -2.09. The van der Waals surface area contributed by atoms with Crippen LogP contribution in [0.5, 0.6) is 0 Å². The number of nitrogens with one attached hydrogen (secondary N) is 2. The molecule has 0 saturated carbocycles. The molecule has 2 amide bonds. The maximum absolute atomic E-state index is 11.4. The number of ketones is 1. The standard InChI is InChI=1S/C13H14N2O2/c1-4-9(2)14-13(17)15-12-7-5-11(6-8-12)10(3)16/h1,5-9H,2-3H3,(H2,14,15,17). The molecule has 0 aliphatic heterocycles. The molecular weight excluding hydrogens is 216 g/mol. The van der Waals surface area contributed by atoms with Crippen LogP contribution in [-0.4, -0.2) is 17.9 Å². The maximum Gasteiger partial charge on any atom is 0.320 e. The third-order valence-electron chi connectivity index (χ3n) is 2.15. The van der Waals surface area contributed by atoms with Gasteiger partial charge in [0.2, 0.25) is 0 Å². The van der Waals surface area contributed by atoms with Crippen LogP contribution >= 0.6 is 0 Å². The van der Waals surface area contributed by atoms with Crippen molar-refractivity contribution >= 4 is 17.5 Å². The summed E-state index contributed by atoms with van der Waals surface area (Å²) in [4.78, 5) is 22.5. The molecule has 4 nitrogen and oxygen atoms in total. The van der Waals surface area contributed by atoms with Crippen LogP contribution in [0.3, 0.4) is 0 Å². The fraction of sp³-hybridized carbons (Fsp3) is 0.231. The highest BCUT2D eigenvalue weighted by Gasteiger charge is 2.05. The number of hydrogen-bond acceptors (Lipinski definition) is 2. The molecule has 0 radical (unpaired) electrons. The van der Waals surface area contributed by atoms with Crippen molar-refractivity contribution < 1.29 is 9.59 Å². The second-order valence-corrected chi connectivity index (χ2v) is 3.62. The molecule has 2 N–H and O–H groups in total. The van der Waals surface area contributed by atoms with Crippen LogP contribution in [0.1, 0.15) is 24.2 Å². The summed E-state index contributed by atoms with van der Waals surface area (Å²) in [6.45, 7) is 3.20. The van der Waals surface area contributed by atoms with Crippen LogP contribution in [0.2, 0.25) is 0 Å². The van der Waals surface area contributed by atoms with Gasteiger partial charge in [-0.25, -0.2) is 4.79 Å². The van der Waals surface area contributed by atoms with Gasteiger partial charge >= 0.3 is 6.03 Å². The van der Waals surface area contributed by atoms with Crippen molar-refractivity contribution in [1.82, 2.24) is 5.32 Å². The molecule has 0 aromatic heterocycles. The predicted octanol–water partition coefficient (Wildman–Crippen LogP) is 2.03. The van der Waals surface area contributed by atoms with E-state index < -0.39 is 0 Å². The zero-order valence-electron chi connectivity index (χ0n) is 9.78. The van der Waals surface area contributed by atoms with Crippen molar-refractivity contribution in [3.05, 3.63) is 29.8 Å². The molecule has 0 fully saturated rings. The number of terminal acetylenes is 1. The molecule has 4 heteroatoms. The van der Waals surface area contributed by atoms with E-state index in [1.165, 1.54) is 6.92 Å². The summed E-state index contributed by atoms with van der Waals surface area (Å²) in [5, 5.41) is 5.18. The van der Waals surface area contributed by atoms with Gasteiger partial charge in [-0.1, -0.05) is 5.92 Å². The van der Waals surface area contributed by atoms with Crippen molar-refractivity contribution in [2.75, 3.05) is 5.32 Å². The van der Waals surface area contributed by atoms with E-state index in [0.717, 1.165) is 0 Å². The summed E-state index contributed by atoms with van der Waals surface area (Å²) in [5.41, 5.74) is 1.21. The van der Waals surface area contributed by atoms with Crippen LogP contribution in [0.15, 0.2) is 24.3 Å². The van der Waals surface area contributed by atoms with Gasteiger partial charge in [-0.3, -0.25) is 4.79 Å². The van der Waals surface area contributed by atoms with Crippen molar-refractivity contribution in [1.29, 1.82) is 0 Å². The fourth-order valence-electron chi connectivity index (χ4n) is 1.19. The highest BCUT2D eigenvalue weighted by Crippen LogP contribution is 2.09. The summed E-state index contributed by atoms with van der Waals surface area (Å²) < 4.78 is 0. The highest BCUT2D eigenvalue weighted by molar-refractivity contribution is 5.95. The van der Waals surface area contributed by atoms with E-state index in [4.69, 9.17) is 6.42 Å². The number of Topliss-reactive ketones (excluding diaryl/α,β-unsaturated/α-hetero) is 1. The van der Waals surface area contributed by atoms with Crippen molar-refractivity contribution in [2.24, 2.45) is 0 Å². The Labute approximate surface area is 100 Å². The summed E-state index contributed by atoms with van der Waals surface area (Å²) in [6.07, 6.45) is 5.14. The molecule has 88 valence electrons. The van der Waals surface area contributed by atoms with E-state index >= 15 is 0 Å². The second kappa shape index (κ2) is 5.71. The lowest BCUT2D eigenvalue weighted by molar-refractivity contribution is 0.101. The molecule has 0 spiro atoms. The summed E-state index contributed by atoms with van der Waals surface area (Å²) in [5.74, 6) is 2.38. The number of anilines is 1. The van der Waals surface area contributed by atoms with Crippen molar-refractivity contribution in [3.63, 3.8) is 0 Å². The Balaban J connectivity index is 2.61. The van der Waals surface area contributed by atoms with Crippen molar-refractivity contribution in [3.8, 4) is 12.3 Å². The number of rotatable bonds is 3. The summed E-state index contributed by atoms with van der Waals surface area (Å²) in [6, 6.07) is 5.94. The molecular formula is C13H14N2O2. The smallest absolute Gasteiger partial charge is 0.320 e.